The summed E-state index contributed by atoms with van der Waals surface area (Å²) in [7, 11) is -3.81. The van der Waals surface area contributed by atoms with E-state index in [2.05, 4.69) is 15.2 Å². The Bertz CT molecular complexity index is 1090. The first-order valence-corrected chi connectivity index (χ1v) is 10.4. The third-order valence-electron chi connectivity index (χ3n) is 4.03. The summed E-state index contributed by atoms with van der Waals surface area (Å²) < 4.78 is 37.5. The number of benzene rings is 2. The Morgan fingerprint density at radius 1 is 1.14 bits per heavy atom. The number of carbonyl (C=O) groups excluding carboxylic acids is 1. The van der Waals surface area contributed by atoms with Gasteiger partial charge >= 0.3 is 0 Å². The van der Waals surface area contributed by atoms with Gasteiger partial charge in [0.1, 0.15) is 11.5 Å². The quantitative estimate of drug-likeness (QED) is 0.584. The third kappa shape index (κ3) is 5.35. The lowest BCUT2D eigenvalue weighted by Crippen LogP contribution is -2.20. The van der Waals surface area contributed by atoms with Crippen LogP contribution in [-0.2, 0) is 21.2 Å². The molecule has 0 unspecified atom stereocenters. The van der Waals surface area contributed by atoms with E-state index < -0.39 is 10.0 Å². The normalized spacial score (nSPS) is 11.1. The van der Waals surface area contributed by atoms with Gasteiger partial charge in [-0.2, -0.15) is 0 Å². The largest absolute Gasteiger partial charge is 0.483 e. The summed E-state index contributed by atoms with van der Waals surface area (Å²) in [4.78, 5) is 12.2. The molecule has 0 atom stereocenters. The van der Waals surface area contributed by atoms with E-state index in [4.69, 9.17) is 9.26 Å². The molecule has 3 rings (SSSR count). The molecule has 1 aromatic heterocycles. The number of rotatable bonds is 8. The molecule has 0 saturated carbocycles. The van der Waals surface area contributed by atoms with Crippen LogP contribution in [-0.4, -0.2) is 26.1 Å². The maximum Gasteiger partial charge on any atom is 0.263 e. The monoisotopic (exact) mass is 415 g/mol. The average Bonchev–Trinajstić information content (AvgIpc) is 3.11. The summed E-state index contributed by atoms with van der Waals surface area (Å²) in [6.07, 6.45) is 0.801. The minimum Gasteiger partial charge on any atom is -0.483 e. The number of nitrogens with zero attached hydrogens (tertiary/aromatic N) is 1. The van der Waals surface area contributed by atoms with E-state index in [9.17, 15) is 13.2 Å². The van der Waals surface area contributed by atoms with Crippen LogP contribution in [0.25, 0.3) is 0 Å². The second-order valence-electron chi connectivity index (χ2n) is 6.25. The second kappa shape index (κ2) is 8.78. The molecule has 0 spiro atoms. The standard InChI is InChI=1S/C20H21N3O5S/c1-3-15-6-4-5-7-18(15)27-13-20(24)21-16-8-10-17(11-9-16)29(25,26)23-19-12-14(2)28-22-19/h4-12H,3,13H2,1-2H3,(H,21,24)(H,22,23). The highest BCUT2D eigenvalue weighted by atomic mass is 32.2. The Kier molecular flexibility index (Phi) is 6.18. The molecule has 0 saturated heterocycles. The molecule has 1 heterocycles. The van der Waals surface area contributed by atoms with Crippen molar-refractivity contribution in [1.82, 2.24) is 5.16 Å². The van der Waals surface area contributed by atoms with Crippen LogP contribution < -0.4 is 14.8 Å². The minimum absolute atomic E-state index is 0.0317. The molecule has 0 aliphatic heterocycles. The Morgan fingerprint density at radius 3 is 2.52 bits per heavy atom. The SMILES string of the molecule is CCc1ccccc1OCC(=O)Nc1ccc(S(=O)(=O)Nc2cc(C)on2)cc1. The second-order valence-corrected chi connectivity index (χ2v) is 7.93. The van der Waals surface area contributed by atoms with Crippen molar-refractivity contribution < 1.29 is 22.5 Å². The van der Waals surface area contributed by atoms with Gasteiger partial charge in [-0.15, -0.1) is 0 Å². The molecule has 1 amide bonds. The fraction of sp³-hybridized carbons (Fsp3) is 0.200. The molecule has 0 aliphatic rings. The molecule has 0 aliphatic carbocycles. The molecule has 0 radical (unpaired) electrons. The van der Waals surface area contributed by atoms with Crippen molar-refractivity contribution >= 4 is 27.4 Å². The number of nitrogens with one attached hydrogen (secondary N) is 2. The number of ether oxygens (including phenoxy) is 1. The van der Waals surface area contributed by atoms with Crippen LogP contribution in [0.2, 0.25) is 0 Å². The maximum atomic E-state index is 12.4. The van der Waals surface area contributed by atoms with Crippen molar-refractivity contribution in [3.63, 3.8) is 0 Å². The van der Waals surface area contributed by atoms with E-state index in [1.165, 1.54) is 30.3 Å². The van der Waals surface area contributed by atoms with E-state index in [0.29, 0.717) is 17.2 Å². The van der Waals surface area contributed by atoms with Crippen LogP contribution in [0.5, 0.6) is 5.75 Å². The summed E-state index contributed by atoms with van der Waals surface area (Å²) in [5, 5.41) is 6.28. The predicted octanol–water partition coefficient (Wildman–Crippen LogP) is 3.36. The highest BCUT2D eigenvalue weighted by Gasteiger charge is 2.16. The number of aryl methyl sites for hydroxylation is 2. The summed E-state index contributed by atoms with van der Waals surface area (Å²) in [5.41, 5.74) is 1.48. The summed E-state index contributed by atoms with van der Waals surface area (Å²) in [5.74, 6) is 0.914. The lowest BCUT2D eigenvalue weighted by molar-refractivity contribution is -0.118. The third-order valence-corrected chi connectivity index (χ3v) is 5.40. The van der Waals surface area contributed by atoms with Gasteiger partial charge in [0.15, 0.2) is 12.4 Å². The number of hydrogen-bond donors (Lipinski definition) is 2. The molecule has 152 valence electrons. The van der Waals surface area contributed by atoms with Crippen LogP contribution in [0.3, 0.4) is 0 Å². The maximum absolute atomic E-state index is 12.4. The molecule has 2 aromatic carbocycles. The Hall–Kier alpha value is -3.33. The lowest BCUT2D eigenvalue weighted by Gasteiger charge is -2.11. The Morgan fingerprint density at radius 2 is 1.86 bits per heavy atom. The fourth-order valence-electron chi connectivity index (χ4n) is 2.61. The van der Waals surface area contributed by atoms with E-state index in [1.807, 2.05) is 31.2 Å². The van der Waals surface area contributed by atoms with Gasteiger partial charge in [-0.1, -0.05) is 30.3 Å². The van der Waals surface area contributed by atoms with Gasteiger partial charge in [-0.25, -0.2) is 8.42 Å². The van der Waals surface area contributed by atoms with Crippen molar-refractivity contribution in [2.24, 2.45) is 0 Å². The van der Waals surface area contributed by atoms with Crippen molar-refractivity contribution in [3.8, 4) is 5.75 Å². The van der Waals surface area contributed by atoms with Gasteiger partial charge in [0.2, 0.25) is 0 Å². The summed E-state index contributed by atoms with van der Waals surface area (Å²) in [6.45, 7) is 3.52. The molecule has 8 nitrogen and oxygen atoms in total. The van der Waals surface area contributed by atoms with Crippen LogP contribution >= 0.6 is 0 Å². The predicted molar refractivity (Wildman–Crippen MR) is 108 cm³/mol. The van der Waals surface area contributed by atoms with Gasteiger partial charge in [-0.05, 0) is 49.2 Å². The van der Waals surface area contributed by atoms with Crippen LogP contribution in [0.4, 0.5) is 11.5 Å². The first-order chi connectivity index (χ1) is 13.9. The lowest BCUT2D eigenvalue weighted by atomic mass is 10.1. The fourth-order valence-corrected chi connectivity index (χ4v) is 3.59. The Labute approximate surface area is 168 Å². The smallest absolute Gasteiger partial charge is 0.263 e. The number of anilines is 2. The molecule has 0 bridgehead atoms. The first-order valence-electron chi connectivity index (χ1n) is 8.94. The summed E-state index contributed by atoms with van der Waals surface area (Å²) >= 11 is 0. The highest BCUT2D eigenvalue weighted by molar-refractivity contribution is 7.92. The molecule has 3 aromatic rings. The van der Waals surface area contributed by atoms with Crippen molar-refractivity contribution in [2.45, 2.75) is 25.2 Å². The number of sulfonamides is 1. The number of amides is 1. The van der Waals surface area contributed by atoms with Gasteiger partial charge in [0, 0.05) is 11.8 Å². The highest BCUT2D eigenvalue weighted by Crippen LogP contribution is 2.20. The van der Waals surface area contributed by atoms with Crippen LogP contribution in [0, 0.1) is 6.92 Å². The van der Waals surface area contributed by atoms with E-state index >= 15 is 0 Å². The zero-order valence-corrected chi connectivity index (χ0v) is 16.8. The number of carbonyl (C=O) groups is 1. The molecule has 0 fully saturated rings. The number of para-hydroxylation sites is 1. The van der Waals surface area contributed by atoms with Gasteiger partial charge in [0.05, 0.1) is 4.90 Å². The topological polar surface area (TPSA) is 111 Å². The number of hydrogen-bond acceptors (Lipinski definition) is 6. The average molecular weight is 415 g/mol. The van der Waals surface area contributed by atoms with Crippen LogP contribution in [0.1, 0.15) is 18.2 Å². The van der Waals surface area contributed by atoms with Gasteiger partial charge in [-0.3, -0.25) is 9.52 Å². The Balaban J connectivity index is 1.59. The zero-order valence-electron chi connectivity index (χ0n) is 16.0. The molecule has 29 heavy (non-hydrogen) atoms. The van der Waals surface area contributed by atoms with E-state index in [0.717, 1.165) is 12.0 Å². The van der Waals surface area contributed by atoms with Gasteiger partial charge < -0.3 is 14.6 Å². The molecule has 2 N–H and O–H groups in total. The van der Waals surface area contributed by atoms with Crippen molar-refractivity contribution in [1.29, 1.82) is 0 Å². The molecular weight excluding hydrogens is 394 g/mol. The van der Waals surface area contributed by atoms with Crippen LogP contribution in [0.15, 0.2) is 64.0 Å². The zero-order chi connectivity index (χ0) is 20.9. The molecular formula is C20H21N3O5S. The van der Waals surface area contributed by atoms with Crippen molar-refractivity contribution in [2.75, 3.05) is 16.6 Å². The minimum atomic E-state index is -3.81. The molecule has 9 heteroatoms. The van der Waals surface area contributed by atoms with Gasteiger partial charge in [0.25, 0.3) is 15.9 Å². The van der Waals surface area contributed by atoms with E-state index in [-0.39, 0.29) is 23.2 Å². The first kappa shape index (κ1) is 20.4. The van der Waals surface area contributed by atoms with E-state index in [1.54, 1.807) is 6.92 Å². The number of aromatic nitrogens is 1. The summed E-state index contributed by atoms with van der Waals surface area (Å²) in [6, 6.07) is 14.8. The van der Waals surface area contributed by atoms with Crippen molar-refractivity contribution in [3.05, 3.63) is 65.9 Å².